The van der Waals surface area contributed by atoms with Crippen LogP contribution in [0, 0.1) is 6.92 Å². The fourth-order valence-corrected chi connectivity index (χ4v) is 1.94. The first kappa shape index (κ1) is 21.1. The molecule has 2 amide bonds. The van der Waals surface area contributed by atoms with Crippen LogP contribution in [0.3, 0.4) is 0 Å². The zero-order chi connectivity index (χ0) is 18.2. The first-order valence-corrected chi connectivity index (χ1v) is 7.64. The Morgan fingerprint density at radius 1 is 1.23 bits per heavy atom. The Morgan fingerprint density at radius 3 is 2.50 bits per heavy atom. The summed E-state index contributed by atoms with van der Waals surface area (Å²) in [5.74, 6) is -0.178. The minimum Gasteiger partial charge on any atom is -0.497 e. The topological polar surface area (TPSA) is 108 Å². The Hall–Kier alpha value is -2.91. The van der Waals surface area contributed by atoms with Crippen LogP contribution in [-0.4, -0.2) is 34.2 Å². The van der Waals surface area contributed by atoms with Crippen LogP contribution in [0.5, 0.6) is 5.75 Å². The van der Waals surface area contributed by atoms with Gasteiger partial charge in [-0.3, -0.25) is 30.9 Å². The molecule has 2 rings (SSSR count). The number of hydrogen-bond acceptors (Lipinski definition) is 5. The lowest BCUT2D eigenvalue weighted by atomic mass is 10.2. The maximum atomic E-state index is 11.8. The number of benzene rings is 1. The molecule has 0 aliphatic carbocycles. The van der Waals surface area contributed by atoms with Gasteiger partial charge in [-0.1, -0.05) is 12.1 Å². The highest BCUT2D eigenvalue weighted by molar-refractivity contribution is 7.80. The number of thiocarbonyl (C=S) groups is 1. The van der Waals surface area contributed by atoms with Gasteiger partial charge in [0, 0.05) is 11.8 Å². The summed E-state index contributed by atoms with van der Waals surface area (Å²) in [5, 5.41) is 8.83. The molecule has 0 spiro atoms. The van der Waals surface area contributed by atoms with Crippen LogP contribution in [0.1, 0.15) is 21.7 Å². The van der Waals surface area contributed by atoms with Crippen molar-refractivity contribution in [3.63, 3.8) is 0 Å². The number of aromatic amines is 1. The third-order valence-electron chi connectivity index (χ3n) is 3.01. The van der Waals surface area contributed by atoms with Crippen molar-refractivity contribution in [1.29, 1.82) is 0 Å². The van der Waals surface area contributed by atoms with Gasteiger partial charge in [-0.05, 0) is 49.0 Å². The normalized spacial score (nSPS) is 9.92. The first-order valence-electron chi connectivity index (χ1n) is 7.23. The third-order valence-corrected chi connectivity index (χ3v) is 3.21. The molecule has 0 aliphatic rings. The quantitative estimate of drug-likeness (QED) is 0.355. The van der Waals surface area contributed by atoms with Crippen molar-refractivity contribution in [3.8, 4) is 5.75 Å². The van der Waals surface area contributed by atoms with E-state index in [1.165, 1.54) is 6.08 Å². The molecule has 1 aromatic heterocycles. The molecule has 0 saturated heterocycles. The van der Waals surface area contributed by atoms with Crippen LogP contribution in [0.4, 0.5) is 0 Å². The molecule has 1 heterocycles. The Labute approximate surface area is 161 Å². The summed E-state index contributed by atoms with van der Waals surface area (Å²) in [5.41, 5.74) is 6.56. The van der Waals surface area contributed by atoms with Crippen LogP contribution in [-0.2, 0) is 4.79 Å². The summed E-state index contributed by atoms with van der Waals surface area (Å²) in [6, 6.07) is 8.78. The smallest absolute Gasteiger partial charge is 0.290 e. The standard InChI is InChI=1S/C16H17N5O3S.ClH/c1-10-9-13(19-18-10)15(23)20-21-16(25)17-14(22)8-5-11-3-6-12(24-2)7-4-11;/h3-9H,1-2H3,(H,18,19)(H,20,23)(H2,17,21,22,25);1H. The van der Waals surface area contributed by atoms with Gasteiger partial charge in [0.25, 0.3) is 5.91 Å². The lowest BCUT2D eigenvalue weighted by Gasteiger charge is -2.08. The van der Waals surface area contributed by atoms with E-state index in [4.69, 9.17) is 17.0 Å². The number of nitrogens with zero attached hydrogens (tertiary/aromatic N) is 1. The van der Waals surface area contributed by atoms with Crippen molar-refractivity contribution in [3.05, 3.63) is 53.4 Å². The first-order chi connectivity index (χ1) is 12.0. The minimum atomic E-state index is -0.477. The van der Waals surface area contributed by atoms with Crippen molar-refractivity contribution in [2.24, 2.45) is 0 Å². The number of halogens is 1. The molecule has 8 nitrogen and oxygen atoms in total. The highest BCUT2D eigenvalue weighted by Gasteiger charge is 2.09. The van der Waals surface area contributed by atoms with E-state index >= 15 is 0 Å². The predicted octanol–water partition coefficient (Wildman–Crippen LogP) is 1.50. The fourth-order valence-electron chi connectivity index (χ4n) is 1.78. The second kappa shape index (κ2) is 10.2. The van der Waals surface area contributed by atoms with Gasteiger partial charge in [0.2, 0.25) is 5.91 Å². The SMILES string of the molecule is COc1ccc(C=CC(=O)NC(=S)NNC(=O)c2cc(C)[nH]n2)cc1.Cl. The maximum Gasteiger partial charge on any atom is 0.290 e. The zero-order valence-electron chi connectivity index (χ0n) is 14.0. The van der Waals surface area contributed by atoms with Crippen LogP contribution >= 0.6 is 24.6 Å². The highest BCUT2D eigenvalue weighted by atomic mass is 35.5. The zero-order valence-corrected chi connectivity index (χ0v) is 15.7. The Bertz CT molecular complexity index is 804. The van der Waals surface area contributed by atoms with Gasteiger partial charge < -0.3 is 4.74 Å². The van der Waals surface area contributed by atoms with Crippen LogP contribution in [0.15, 0.2) is 36.4 Å². The summed E-state index contributed by atoms with van der Waals surface area (Å²) in [7, 11) is 1.58. The van der Waals surface area contributed by atoms with Crippen LogP contribution < -0.4 is 20.9 Å². The van der Waals surface area contributed by atoms with E-state index in [2.05, 4.69) is 26.4 Å². The van der Waals surface area contributed by atoms with E-state index in [0.717, 1.165) is 17.0 Å². The summed E-state index contributed by atoms with van der Waals surface area (Å²) in [4.78, 5) is 23.5. The van der Waals surface area contributed by atoms with Gasteiger partial charge in [-0.25, -0.2) is 0 Å². The number of H-pyrrole nitrogens is 1. The largest absolute Gasteiger partial charge is 0.497 e. The monoisotopic (exact) mass is 395 g/mol. The number of aromatic nitrogens is 2. The number of aryl methyl sites for hydroxylation is 1. The van der Waals surface area contributed by atoms with Crippen molar-refractivity contribution in [1.82, 2.24) is 26.4 Å². The molecule has 0 fully saturated rings. The van der Waals surface area contributed by atoms with Gasteiger partial charge in [0.15, 0.2) is 10.8 Å². The van der Waals surface area contributed by atoms with Crippen molar-refractivity contribution in [2.75, 3.05) is 7.11 Å². The second-order valence-corrected chi connectivity index (χ2v) is 5.35. The molecule has 4 N–H and O–H groups in total. The molecule has 10 heteroatoms. The van der Waals surface area contributed by atoms with Crippen LogP contribution in [0.25, 0.3) is 6.08 Å². The van der Waals surface area contributed by atoms with Crippen molar-refractivity contribution < 1.29 is 14.3 Å². The summed E-state index contributed by atoms with van der Waals surface area (Å²) in [6.45, 7) is 1.78. The average Bonchev–Trinajstić information content (AvgIpc) is 3.05. The number of hydrazine groups is 1. The molecule has 2 aromatic rings. The number of rotatable bonds is 4. The molecular weight excluding hydrogens is 378 g/mol. The lowest BCUT2D eigenvalue weighted by Crippen LogP contribution is -2.48. The Balaban J connectivity index is 0.00000338. The number of amides is 2. The number of ether oxygens (including phenoxy) is 1. The molecule has 0 unspecified atom stereocenters. The van der Waals surface area contributed by atoms with Gasteiger partial charge in [-0.2, -0.15) is 5.10 Å². The summed E-state index contributed by atoms with van der Waals surface area (Å²) >= 11 is 4.93. The molecule has 26 heavy (non-hydrogen) atoms. The van der Waals surface area contributed by atoms with Crippen LogP contribution in [0.2, 0.25) is 0 Å². The van der Waals surface area contributed by atoms with Gasteiger partial charge >= 0.3 is 0 Å². The molecule has 0 aliphatic heterocycles. The van der Waals surface area contributed by atoms with E-state index in [1.807, 2.05) is 12.1 Å². The summed E-state index contributed by atoms with van der Waals surface area (Å²) in [6.07, 6.45) is 2.96. The molecule has 0 bridgehead atoms. The lowest BCUT2D eigenvalue weighted by molar-refractivity contribution is -0.115. The molecular formula is C16H18ClN5O3S. The minimum absolute atomic E-state index is 0. The molecule has 138 valence electrons. The van der Waals surface area contributed by atoms with Gasteiger partial charge in [0.1, 0.15) is 5.75 Å². The van der Waals surface area contributed by atoms with Gasteiger partial charge in [0.05, 0.1) is 7.11 Å². The van der Waals surface area contributed by atoms with E-state index in [-0.39, 0.29) is 23.2 Å². The molecule has 0 atom stereocenters. The predicted molar refractivity (Wildman–Crippen MR) is 104 cm³/mol. The molecule has 0 radical (unpaired) electrons. The average molecular weight is 396 g/mol. The fraction of sp³-hybridized carbons (Fsp3) is 0.125. The number of methoxy groups -OCH3 is 1. The van der Waals surface area contributed by atoms with Gasteiger partial charge in [-0.15, -0.1) is 12.4 Å². The van der Waals surface area contributed by atoms with E-state index in [9.17, 15) is 9.59 Å². The van der Waals surface area contributed by atoms with E-state index < -0.39 is 11.8 Å². The Kier molecular flexibility index (Phi) is 8.26. The molecule has 1 aromatic carbocycles. The number of carbonyl (C=O) groups is 2. The number of nitrogens with one attached hydrogen (secondary N) is 4. The van der Waals surface area contributed by atoms with Crippen molar-refractivity contribution in [2.45, 2.75) is 6.92 Å². The number of hydrogen-bond donors (Lipinski definition) is 4. The van der Waals surface area contributed by atoms with E-state index in [0.29, 0.717) is 0 Å². The maximum absolute atomic E-state index is 11.8. The number of carbonyl (C=O) groups excluding carboxylic acids is 2. The Morgan fingerprint density at radius 2 is 1.92 bits per heavy atom. The second-order valence-electron chi connectivity index (χ2n) is 4.94. The van der Waals surface area contributed by atoms with E-state index in [1.54, 1.807) is 38.3 Å². The highest BCUT2D eigenvalue weighted by Crippen LogP contribution is 2.12. The third kappa shape index (κ3) is 6.54. The summed E-state index contributed by atoms with van der Waals surface area (Å²) < 4.78 is 5.06. The van der Waals surface area contributed by atoms with Crippen molar-refractivity contribution >= 4 is 47.6 Å². The molecule has 0 saturated carbocycles.